The molecule has 0 radical (unpaired) electrons. The van der Waals surface area contributed by atoms with Crippen molar-refractivity contribution in [3.8, 4) is 11.3 Å². The van der Waals surface area contributed by atoms with Crippen molar-refractivity contribution in [2.24, 2.45) is 7.05 Å². The zero-order valence-corrected chi connectivity index (χ0v) is 18.6. The number of rotatable bonds is 7. The standard InChI is InChI=1S/C24H27N9/c1-31-15-18(12-27-31)20-14-26-24-23(28-20)19(13-25-24)21-16-33(30-29-21)22(8-11-32-9-5-10-32)17-6-3-2-4-7-17/h2-4,6-7,12-16,22,29-30H,5,8-11H2,1H3,(H,25,26). The second-order valence-corrected chi connectivity index (χ2v) is 8.65. The fourth-order valence-corrected chi connectivity index (χ4v) is 4.47. The van der Waals surface area contributed by atoms with E-state index in [-0.39, 0.29) is 6.04 Å². The maximum Gasteiger partial charge on any atom is 0.156 e. The van der Waals surface area contributed by atoms with Crippen LogP contribution in [0.1, 0.15) is 30.0 Å². The van der Waals surface area contributed by atoms with Gasteiger partial charge in [0.2, 0.25) is 0 Å². The van der Waals surface area contributed by atoms with E-state index in [1.807, 2.05) is 19.4 Å². The number of H-pyrrole nitrogens is 1. The summed E-state index contributed by atoms with van der Waals surface area (Å²) in [5.41, 5.74) is 13.3. The Kier molecular flexibility index (Phi) is 5.04. The molecular formula is C24H27N9. The van der Waals surface area contributed by atoms with E-state index >= 15 is 0 Å². The van der Waals surface area contributed by atoms with Gasteiger partial charge in [0.15, 0.2) is 5.65 Å². The highest BCUT2D eigenvalue weighted by Gasteiger charge is 2.26. The Bertz CT molecular complexity index is 1290. The number of fused-ring (bicyclic) bond motifs is 1. The molecular weight excluding hydrogens is 414 g/mol. The van der Waals surface area contributed by atoms with Gasteiger partial charge in [0, 0.05) is 43.3 Å². The zero-order valence-electron chi connectivity index (χ0n) is 18.6. The minimum absolute atomic E-state index is 0.221. The number of aryl methyl sites for hydroxylation is 1. The molecule has 1 unspecified atom stereocenters. The van der Waals surface area contributed by atoms with E-state index in [4.69, 9.17) is 4.98 Å². The molecule has 168 valence electrons. The molecule has 0 aliphatic carbocycles. The highest BCUT2D eigenvalue weighted by molar-refractivity contribution is 5.88. The fourth-order valence-electron chi connectivity index (χ4n) is 4.47. The van der Waals surface area contributed by atoms with Gasteiger partial charge in [0.1, 0.15) is 5.52 Å². The van der Waals surface area contributed by atoms with Crippen molar-refractivity contribution in [1.29, 1.82) is 0 Å². The second kappa shape index (κ2) is 8.34. The number of nitrogens with one attached hydrogen (secondary N) is 3. The molecule has 4 aromatic rings. The van der Waals surface area contributed by atoms with E-state index in [0.29, 0.717) is 0 Å². The number of hydrogen-bond donors (Lipinski definition) is 3. The maximum absolute atomic E-state index is 4.89. The Morgan fingerprint density at radius 3 is 2.76 bits per heavy atom. The normalized spacial score (nSPS) is 17.1. The molecule has 2 aliphatic heterocycles. The molecule has 3 aromatic heterocycles. The molecule has 33 heavy (non-hydrogen) atoms. The number of nitrogens with zero attached hydrogens (tertiary/aromatic N) is 6. The molecule has 0 bridgehead atoms. The topological polar surface area (TPSA) is 89.9 Å². The van der Waals surface area contributed by atoms with Crippen molar-refractivity contribution >= 4 is 16.9 Å². The Morgan fingerprint density at radius 2 is 2.00 bits per heavy atom. The molecule has 2 aliphatic rings. The molecule has 9 nitrogen and oxygen atoms in total. The van der Waals surface area contributed by atoms with E-state index in [0.717, 1.165) is 46.6 Å². The van der Waals surface area contributed by atoms with Crippen LogP contribution in [0, 0.1) is 0 Å². The van der Waals surface area contributed by atoms with Crippen molar-refractivity contribution < 1.29 is 0 Å². The third kappa shape index (κ3) is 3.85. The number of benzene rings is 1. The first-order valence-electron chi connectivity index (χ1n) is 11.4. The summed E-state index contributed by atoms with van der Waals surface area (Å²) in [6.45, 7) is 3.51. The molecule has 1 aromatic carbocycles. The largest absolute Gasteiger partial charge is 0.344 e. The molecule has 1 saturated heterocycles. The van der Waals surface area contributed by atoms with Crippen LogP contribution >= 0.6 is 0 Å². The SMILES string of the molecule is Cn1cc(-c2cnc3[nH]cc(C4=CN(C(CCN5CCC5)c5ccccc5)NN4)c3n2)cn1. The van der Waals surface area contributed by atoms with Crippen LogP contribution in [0.4, 0.5) is 0 Å². The highest BCUT2D eigenvalue weighted by Crippen LogP contribution is 2.30. The Morgan fingerprint density at radius 1 is 1.12 bits per heavy atom. The lowest BCUT2D eigenvalue weighted by Gasteiger charge is -2.34. The van der Waals surface area contributed by atoms with Gasteiger partial charge in [0.25, 0.3) is 0 Å². The number of hydrazine groups is 2. The molecule has 0 spiro atoms. The smallest absolute Gasteiger partial charge is 0.156 e. The molecule has 3 N–H and O–H groups in total. The van der Waals surface area contributed by atoms with Gasteiger partial charge in [-0.1, -0.05) is 30.3 Å². The Labute approximate surface area is 192 Å². The van der Waals surface area contributed by atoms with Gasteiger partial charge in [-0.3, -0.25) is 9.69 Å². The van der Waals surface area contributed by atoms with E-state index in [1.165, 1.54) is 25.1 Å². The van der Waals surface area contributed by atoms with Crippen molar-refractivity contribution in [1.82, 2.24) is 45.6 Å². The van der Waals surface area contributed by atoms with Crippen molar-refractivity contribution in [2.75, 3.05) is 19.6 Å². The molecule has 9 heteroatoms. The van der Waals surface area contributed by atoms with Gasteiger partial charge >= 0.3 is 0 Å². The van der Waals surface area contributed by atoms with Gasteiger partial charge < -0.3 is 15.3 Å². The first-order valence-corrected chi connectivity index (χ1v) is 11.4. The van der Waals surface area contributed by atoms with Crippen LogP contribution in [0.5, 0.6) is 0 Å². The molecule has 5 heterocycles. The molecule has 1 fully saturated rings. The van der Waals surface area contributed by atoms with E-state index in [2.05, 4.69) is 72.5 Å². The van der Waals surface area contributed by atoms with Gasteiger partial charge in [-0.2, -0.15) is 5.10 Å². The lowest BCUT2D eigenvalue weighted by Crippen LogP contribution is -2.42. The lowest BCUT2D eigenvalue weighted by molar-refractivity contribution is 0.134. The van der Waals surface area contributed by atoms with Crippen molar-refractivity contribution in [2.45, 2.75) is 18.9 Å². The van der Waals surface area contributed by atoms with Crippen LogP contribution in [-0.2, 0) is 7.05 Å². The summed E-state index contributed by atoms with van der Waals surface area (Å²) in [5.74, 6) is 0. The quantitative estimate of drug-likeness (QED) is 0.406. The van der Waals surface area contributed by atoms with Crippen LogP contribution in [0.15, 0.2) is 61.3 Å². The van der Waals surface area contributed by atoms with Crippen LogP contribution < -0.4 is 11.0 Å². The van der Waals surface area contributed by atoms with Gasteiger partial charge in [0.05, 0.1) is 29.8 Å². The monoisotopic (exact) mass is 441 g/mol. The number of likely N-dealkylation sites (tertiary alicyclic amines) is 1. The van der Waals surface area contributed by atoms with Crippen LogP contribution in [0.3, 0.4) is 0 Å². The molecule has 0 saturated carbocycles. The first kappa shape index (κ1) is 20.0. The van der Waals surface area contributed by atoms with Gasteiger partial charge in [-0.25, -0.2) is 9.97 Å². The average Bonchev–Trinajstić information content (AvgIpc) is 3.55. The summed E-state index contributed by atoms with van der Waals surface area (Å²) >= 11 is 0. The minimum Gasteiger partial charge on any atom is -0.344 e. The summed E-state index contributed by atoms with van der Waals surface area (Å²) in [5, 5.41) is 6.42. The fraction of sp³-hybridized carbons (Fsp3) is 0.292. The van der Waals surface area contributed by atoms with Crippen molar-refractivity contribution in [3.05, 3.63) is 72.4 Å². The van der Waals surface area contributed by atoms with E-state index in [9.17, 15) is 0 Å². The molecule has 6 rings (SSSR count). The predicted molar refractivity (Wildman–Crippen MR) is 127 cm³/mol. The summed E-state index contributed by atoms with van der Waals surface area (Å²) < 4.78 is 1.77. The summed E-state index contributed by atoms with van der Waals surface area (Å²) in [4.78, 5) is 15.2. The summed E-state index contributed by atoms with van der Waals surface area (Å²) in [6, 6.07) is 10.9. The zero-order chi connectivity index (χ0) is 22.2. The Hall–Kier alpha value is -3.69. The highest BCUT2D eigenvalue weighted by atomic mass is 15.7. The minimum atomic E-state index is 0.221. The van der Waals surface area contributed by atoms with Crippen LogP contribution in [0.25, 0.3) is 28.1 Å². The first-order chi connectivity index (χ1) is 16.2. The lowest BCUT2D eigenvalue weighted by atomic mass is 10.0. The molecule has 1 atom stereocenters. The van der Waals surface area contributed by atoms with Crippen molar-refractivity contribution in [3.63, 3.8) is 0 Å². The molecule has 0 amide bonds. The van der Waals surface area contributed by atoms with Gasteiger partial charge in [-0.05, 0) is 31.5 Å². The van der Waals surface area contributed by atoms with Crippen LogP contribution in [0.2, 0.25) is 0 Å². The van der Waals surface area contributed by atoms with E-state index in [1.54, 1.807) is 17.1 Å². The number of aromatic nitrogens is 5. The predicted octanol–water partition coefficient (Wildman–Crippen LogP) is 2.82. The Balaban J connectivity index is 1.30. The third-order valence-corrected chi connectivity index (χ3v) is 6.45. The van der Waals surface area contributed by atoms with E-state index < -0.39 is 0 Å². The summed E-state index contributed by atoms with van der Waals surface area (Å²) in [6.07, 6.45) is 12.0. The average molecular weight is 442 g/mol. The maximum atomic E-state index is 4.89. The third-order valence-electron chi connectivity index (χ3n) is 6.45. The number of aromatic amines is 1. The second-order valence-electron chi connectivity index (χ2n) is 8.65. The summed E-state index contributed by atoms with van der Waals surface area (Å²) in [7, 11) is 1.90. The van der Waals surface area contributed by atoms with Crippen LogP contribution in [-0.4, -0.2) is 54.3 Å². The number of hydrogen-bond acceptors (Lipinski definition) is 7. The van der Waals surface area contributed by atoms with Gasteiger partial charge in [-0.15, -0.1) is 5.53 Å².